The molecule has 0 aliphatic rings. The van der Waals surface area contributed by atoms with E-state index in [1.165, 1.54) is 6.92 Å². The van der Waals surface area contributed by atoms with Gasteiger partial charge >= 0.3 is 0 Å². The van der Waals surface area contributed by atoms with Crippen LogP contribution in [-0.4, -0.2) is 19.9 Å². The van der Waals surface area contributed by atoms with Crippen LogP contribution in [-0.2, 0) is 0 Å². The van der Waals surface area contributed by atoms with Crippen molar-refractivity contribution in [3.63, 3.8) is 0 Å². The van der Waals surface area contributed by atoms with Gasteiger partial charge < -0.3 is 9.47 Å². The number of para-hydroxylation sites is 2. The summed E-state index contributed by atoms with van der Waals surface area (Å²) in [6, 6.07) is 7.19. The highest BCUT2D eigenvalue weighted by Gasteiger charge is 2.04. The molecule has 1 aromatic carbocycles. The van der Waals surface area contributed by atoms with Crippen molar-refractivity contribution in [1.82, 2.24) is 0 Å². The van der Waals surface area contributed by atoms with Crippen LogP contribution in [0.2, 0.25) is 0 Å². The third-order valence-corrected chi connectivity index (χ3v) is 1.54. The molecule has 0 saturated carbocycles. The lowest BCUT2D eigenvalue weighted by atomic mass is 10.3. The summed E-state index contributed by atoms with van der Waals surface area (Å²) in [5.74, 6) is 1.21. The molecule has 0 radical (unpaired) electrons. The van der Waals surface area contributed by atoms with Crippen LogP contribution in [0.25, 0.3) is 0 Å². The summed E-state index contributed by atoms with van der Waals surface area (Å²) in [6.45, 7) is 1.51. The minimum Gasteiger partial charge on any atom is -0.493 e. The molecule has 0 fully saturated rings. The number of benzene rings is 1. The lowest BCUT2D eigenvalue weighted by molar-refractivity contribution is 0.203. The zero-order valence-corrected chi connectivity index (χ0v) is 7.79. The fourth-order valence-electron chi connectivity index (χ4n) is 0.943. The van der Waals surface area contributed by atoms with Gasteiger partial charge in [0, 0.05) is 0 Å². The average molecular weight is 184 g/mol. The molecular formula is C10H13FO2. The van der Waals surface area contributed by atoms with Gasteiger partial charge in [0.15, 0.2) is 11.5 Å². The van der Waals surface area contributed by atoms with E-state index in [4.69, 9.17) is 9.47 Å². The van der Waals surface area contributed by atoms with Gasteiger partial charge in [-0.15, -0.1) is 0 Å². The molecule has 0 saturated heterocycles. The third kappa shape index (κ3) is 2.93. The lowest BCUT2D eigenvalue weighted by Crippen LogP contribution is -2.08. The molecule has 1 rings (SSSR count). The van der Waals surface area contributed by atoms with Crippen LogP contribution in [0, 0.1) is 0 Å². The first kappa shape index (κ1) is 9.84. The van der Waals surface area contributed by atoms with Gasteiger partial charge in [-0.2, -0.15) is 0 Å². The Balaban J connectivity index is 2.64. The van der Waals surface area contributed by atoms with Gasteiger partial charge in [-0.25, -0.2) is 4.39 Å². The topological polar surface area (TPSA) is 18.5 Å². The van der Waals surface area contributed by atoms with Gasteiger partial charge in [-0.1, -0.05) is 12.1 Å². The summed E-state index contributed by atoms with van der Waals surface area (Å²) >= 11 is 0. The van der Waals surface area contributed by atoms with Crippen molar-refractivity contribution >= 4 is 0 Å². The van der Waals surface area contributed by atoms with E-state index in [1.807, 2.05) is 12.1 Å². The van der Waals surface area contributed by atoms with Crippen molar-refractivity contribution < 1.29 is 13.9 Å². The Bertz CT molecular complexity index is 261. The van der Waals surface area contributed by atoms with E-state index < -0.39 is 6.17 Å². The zero-order chi connectivity index (χ0) is 9.68. The Kier molecular flexibility index (Phi) is 3.55. The molecule has 0 spiro atoms. The Labute approximate surface area is 77.3 Å². The normalized spacial score (nSPS) is 12.2. The summed E-state index contributed by atoms with van der Waals surface area (Å²) in [5.41, 5.74) is 0. The Morgan fingerprint density at radius 3 is 2.46 bits per heavy atom. The van der Waals surface area contributed by atoms with E-state index in [1.54, 1.807) is 19.2 Å². The van der Waals surface area contributed by atoms with Gasteiger partial charge in [0.05, 0.1) is 7.11 Å². The molecule has 0 heterocycles. The number of rotatable bonds is 4. The smallest absolute Gasteiger partial charge is 0.161 e. The molecule has 72 valence electrons. The molecule has 3 heteroatoms. The van der Waals surface area contributed by atoms with Crippen LogP contribution in [0.1, 0.15) is 6.92 Å². The van der Waals surface area contributed by atoms with Crippen LogP contribution in [0.5, 0.6) is 11.5 Å². The highest BCUT2D eigenvalue weighted by atomic mass is 19.1. The first-order valence-corrected chi connectivity index (χ1v) is 4.14. The largest absolute Gasteiger partial charge is 0.493 e. The standard InChI is InChI=1S/C10H13FO2/c1-8(11)7-13-10-6-4-3-5-9(10)12-2/h3-6,8H,7H2,1-2H3. The SMILES string of the molecule is COc1ccccc1OCC(C)F. The second-order valence-electron chi connectivity index (χ2n) is 2.74. The summed E-state index contributed by atoms with van der Waals surface area (Å²) in [5, 5.41) is 0. The number of ether oxygens (including phenoxy) is 2. The van der Waals surface area contributed by atoms with Crippen LogP contribution in [0.15, 0.2) is 24.3 Å². The minimum atomic E-state index is -0.968. The van der Waals surface area contributed by atoms with E-state index in [0.717, 1.165) is 0 Å². The molecule has 0 aliphatic carbocycles. The minimum absolute atomic E-state index is 0.0559. The quantitative estimate of drug-likeness (QED) is 0.715. The number of halogens is 1. The van der Waals surface area contributed by atoms with E-state index in [0.29, 0.717) is 11.5 Å². The van der Waals surface area contributed by atoms with E-state index >= 15 is 0 Å². The Morgan fingerprint density at radius 2 is 1.92 bits per heavy atom. The van der Waals surface area contributed by atoms with Crippen LogP contribution in [0.3, 0.4) is 0 Å². The zero-order valence-electron chi connectivity index (χ0n) is 7.79. The Hall–Kier alpha value is -1.25. The van der Waals surface area contributed by atoms with Crippen LogP contribution >= 0.6 is 0 Å². The molecule has 1 atom stereocenters. The fourth-order valence-corrected chi connectivity index (χ4v) is 0.943. The molecule has 13 heavy (non-hydrogen) atoms. The summed E-state index contributed by atoms with van der Waals surface area (Å²) in [4.78, 5) is 0. The molecule has 0 bridgehead atoms. The predicted molar refractivity (Wildman–Crippen MR) is 49.1 cm³/mol. The van der Waals surface area contributed by atoms with Gasteiger partial charge in [-0.3, -0.25) is 0 Å². The van der Waals surface area contributed by atoms with Gasteiger partial charge in [0.2, 0.25) is 0 Å². The van der Waals surface area contributed by atoms with Crippen LogP contribution in [0.4, 0.5) is 4.39 Å². The number of alkyl halides is 1. The van der Waals surface area contributed by atoms with Gasteiger partial charge in [0.1, 0.15) is 12.8 Å². The van der Waals surface area contributed by atoms with Crippen LogP contribution < -0.4 is 9.47 Å². The molecule has 1 unspecified atom stereocenters. The van der Waals surface area contributed by atoms with Crippen molar-refractivity contribution in [2.75, 3.05) is 13.7 Å². The van der Waals surface area contributed by atoms with Crippen molar-refractivity contribution in [2.45, 2.75) is 13.1 Å². The molecule has 0 amide bonds. The molecule has 0 aliphatic heterocycles. The number of hydrogen-bond acceptors (Lipinski definition) is 2. The highest BCUT2D eigenvalue weighted by molar-refractivity contribution is 5.39. The Morgan fingerprint density at radius 1 is 1.31 bits per heavy atom. The summed E-state index contributed by atoms with van der Waals surface area (Å²) in [7, 11) is 1.56. The second-order valence-corrected chi connectivity index (χ2v) is 2.74. The molecule has 1 aromatic rings. The predicted octanol–water partition coefficient (Wildman–Crippen LogP) is 2.43. The maximum Gasteiger partial charge on any atom is 0.161 e. The van der Waals surface area contributed by atoms with E-state index in [-0.39, 0.29) is 6.61 Å². The molecule has 2 nitrogen and oxygen atoms in total. The molecule has 0 aromatic heterocycles. The van der Waals surface area contributed by atoms with E-state index in [9.17, 15) is 4.39 Å². The van der Waals surface area contributed by atoms with E-state index in [2.05, 4.69) is 0 Å². The molecule has 0 N–H and O–H groups in total. The maximum atomic E-state index is 12.5. The third-order valence-electron chi connectivity index (χ3n) is 1.54. The van der Waals surface area contributed by atoms with Crippen molar-refractivity contribution in [3.05, 3.63) is 24.3 Å². The number of hydrogen-bond donors (Lipinski definition) is 0. The second kappa shape index (κ2) is 4.70. The first-order valence-electron chi connectivity index (χ1n) is 4.14. The summed E-state index contributed by atoms with van der Waals surface area (Å²) in [6.07, 6.45) is -0.968. The number of methoxy groups -OCH3 is 1. The monoisotopic (exact) mass is 184 g/mol. The maximum absolute atomic E-state index is 12.5. The highest BCUT2D eigenvalue weighted by Crippen LogP contribution is 2.25. The fraction of sp³-hybridized carbons (Fsp3) is 0.400. The van der Waals surface area contributed by atoms with Gasteiger partial charge in [-0.05, 0) is 19.1 Å². The van der Waals surface area contributed by atoms with Crippen molar-refractivity contribution in [1.29, 1.82) is 0 Å². The average Bonchev–Trinajstić information content (AvgIpc) is 2.15. The first-order chi connectivity index (χ1) is 6.24. The van der Waals surface area contributed by atoms with Crippen molar-refractivity contribution in [2.24, 2.45) is 0 Å². The molecular weight excluding hydrogens is 171 g/mol. The summed E-state index contributed by atoms with van der Waals surface area (Å²) < 4.78 is 22.7. The lowest BCUT2D eigenvalue weighted by Gasteiger charge is -2.10. The van der Waals surface area contributed by atoms with Crippen molar-refractivity contribution in [3.8, 4) is 11.5 Å². The van der Waals surface area contributed by atoms with Gasteiger partial charge in [0.25, 0.3) is 0 Å².